The number of hydrogen-bond donors (Lipinski definition) is 2. The van der Waals surface area contributed by atoms with Crippen LogP contribution in [0.1, 0.15) is 0 Å². The fourth-order valence-electron chi connectivity index (χ4n) is 5.50. The Kier molecular flexibility index (Phi) is 26.8. The summed E-state index contributed by atoms with van der Waals surface area (Å²) in [6.07, 6.45) is 0. The Labute approximate surface area is 514 Å². The number of nitrogens with two attached hydrogens (primary N) is 2. The van der Waals surface area contributed by atoms with Gasteiger partial charge in [-0.15, -0.1) is 10.2 Å². The maximum absolute atomic E-state index is 12.8. The summed E-state index contributed by atoms with van der Waals surface area (Å²) in [4.78, 5) is 15.1. The largest absolute Gasteiger partial charge is 3.00 e. The monoisotopic (exact) mass is 1130 g/mol. The molecule has 1 radical (unpaired) electrons. The van der Waals surface area contributed by atoms with Gasteiger partial charge in [-0.3, -0.25) is 20.2 Å². The number of non-ortho nitro benzene ring substituents is 2. The van der Waals surface area contributed by atoms with E-state index < -0.39 is 149 Å². The van der Waals surface area contributed by atoms with Crippen LogP contribution in [0.15, 0.2) is 113 Å². The second kappa shape index (κ2) is 26.9. The van der Waals surface area contributed by atoms with E-state index in [4.69, 9.17) is 11.5 Å². The van der Waals surface area contributed by atoms with E-state index in [2.05, 4.69) is 20.5 Å². The van der Waals surface area contributed by atoms with Gasteiger partial charge in [-0.25, -0.2) is 33.7 Å². The maximum Gasteiger partial charge on any atom is 3.00 e. The summed E-state index contributed by atoms with van der Waals surface area (Å²) in [5, 5.41) is 81.7. The predicted octanol–water partition coefficient (Wildman–Crippen LogP) is -13.6. The number of nitrogens with zero attached hydrogens (tertiary/aromatic N) is 6. The third-order valence-electron chi connectivity index (χ3n) is 8.28. The Balaban J connectivity index is 0. The molecule has 28 nitrogen and oxygen atoms in total. The first-order valence-electron chi connectivity index (χ1n) is 16.1. The van der Waals surface area contributed by atoms with Gasteiger partial charge >= 0.3 is 165 Å². The summed E-state index contributed by atoms with van der Waals surface area (Å²) in [5.41, 5.74) is 6.22. The van der Waals surface area contributed by atoms with Crippen LogP contribution in [0.3, 0.4) is 0 Å². The Hall–Kier alpha value is -2.19. The normalized spacial score (nSPS) is 11.4. The quantitative estimate of drug-likeness (QED) is 0.0321. The molecule has 0 saturated carbocycles. The molecule has 0 fully saturated rings. The molecule has 70 heavy (non-hydrogen) atoms. The van der Waals surface area contributed by atoms with E-state index in [0.717, 1.165) is 48.5 Å². The molecule has 339 valence electrons. The van der Waals surface area contributed by atoms with Crippen LogP contribution < -0.4 is 180 Å². The van der Waals surface area contributed by atoms with Gasteiger partial charge in [0.05, 0.1) is 52.2 Å². The smallest absolute Gasteiger partial charge is 0.871 e. The second-order valence-electron chi connectivity index (χ2n) is 12.3. The first-order valence-corrected chi connectivity index (χ1v) is 21.8. The van der Waals surface area contributed by atoms with Crippen LogP contribution in [0.4, 0.5) is 45.5 Å². The molecule has 6 aromatic rings. The zero-order chi connectivity index (χ0) is 48.0. The van der Waals surface area contributed by atoms with Crippen LogP contribution in [-0.2, 0) is 57.8 Å². The number of hydrogen-bond acceptors (Lipinski definition) is 26. The molecule has 4 N–H and O–H groups in total. The van der Waals surface area contributed by atoms with Crippen molar-refractivity contribution in [1.29, 1.82) is 0 Å². The van der Waals surface area contributed by atoms with Gasteiger partial charge in [-0.05, 0) is 48.5 Å². The number of fused-ring (bicyclic) bond motifs is 2. The molecular weight excluding hydrogens is 1110 g/mol. The van der Waals surface area contributed by atoms with Crippen molar-refractivity contribution >= 4 is 108 Å². The molecule has 0 aliphatic carbocycles. The molecule has 0 amide bonds. The van der Waals surface area contributed by atoms with Crippen molar-refractivity contribution in [1.82, 2.24) is 0 Å². The molecule has 6 rings (SSSR count). The topological polar surface area (TPSA) is 509 Å². The number of anilines is 2. The fourth-order valence-corrected chi connectivity index (χ4v) is 8.09. The molecule has 0 aliphatic heterocycles. The van der Waals surface area contributed by atoms with Crippen molar-refractivity contribution in [2.75, 3.05) is 11.5 Å². The number of nitro groups is 2. The molecule has 0 atom stereocenters. The summed E-state index contributed by atoms with van der Waals surface area (Å²) in [6, 6.07) is 8.92. The Bertz CT molecular complexity index is 3330. The summed E-state index contributed by atoms with van der Waals surface area (Å²) in [7, 11) is -21.3. The average Bonchev–Trinajstić information content (AvgIpc) is 3.16. The van der Waals surface area contributed by atoms with Crippen LogP contribution in [-0.4, -0.2) is 61.7 Å². The van der Waals surface area contributed by atoms with E-state index >= 15 is 0 Å². The van der Waals surface area contributed by atoms with Gasteiger partial charge in [0.1, 0.15) is 40.5 Å². The molecular formula is C32H16CrN8Na5O20S4. The number of benzene rings is 6. The first-order chi connectivity index (χ1) is 29.4. The summed E-state index contributed by atoms with van der Waals surface area (Å²) < 4.78 is 139. The third kappa shape index (κ3) is 15.9. The minimum absolute atomic E-state index is 0. The Morgan fingerprint density at radius 3 is 0.957 bits per heavy atom. The van der Waals surface area contributed by atoms with Crippen molar-refractivity contribution in [2.45, 2.75) is 19.6 Å². The van der Waals surface area contributed by atoms with Crippen molar-refractivity contribution in [2.24, 2.45) is 20.5 Å². The van der Waals surface area contributed by atoms with Crippen molar-refractivity contribution in [3.63, 3.8) is 0 Å². The van der Waals surface area contributed by atoms with Gasteiger partial charge in [0.15, 0.2) is 0 Å². The Morgan fingerprint density at radius 2 is 0.714 bits per heavy atom. The first kappa shape index (κ1) is 69.9. The predicted molar refractivity (Wildman–Crippen MR) is 201 cm³/mol. The molecule has 0 unspecified atom stereocenters. The zero-order valence-corrected chi connectivity index (χ0v) is 50.5. The van der Waals surface area contributed by atoms with Crippen molar-refractivity contribution in [3.8, 4) is 23.0 Å². The van der Waals surface area contributed by atoms with Crippen LogP contribution in [0.2, 0.25) is 0 Å². The fraction of sp³-hybridized carbons (Fsp3) is 0. The zero-order valence-electron chi connectivity index (χ0n) is 36.0. The molecule has 0 spiro atoms. The van der Waals surface area contributed by atoms with Gasteiger partial charge in [0.25, 0.3) is 11.4 Å². The maximum atomic E-state index is 12.8. The third-order valence-corrected chi connectivity index (χ3v) is 11.8. The van der Waals surface area contributed by atoms with E-state index in [1.807, 2.05) is 0 Å². The number of nitro benzene ring substituents is 2. The van der Waals surface area contributed by atoms with Crippen LogP contribution in [0.25, 0.3) is 21.5 Å². The molecule has 0 saturated heterocycles. The SMILES string of the molecule is Nc1ccc(S(=O)(=O)[O-])c2cc(S(=O)(=O)[O-])c(N=Nc3ccc([N+](=O)[O-])cc3[O-])c([O-])c12.Nc1ccc(S(=O)(=O)[O-])c2cc(S(=O)(=O)[O-])c(N=Nc3ccc([N+](=O)[O-])cc3[O-])c([O-])c12.[Cr+3].[Na+].[Na+].[Na+].[Na+].[Na+]. The van der Waals surface area contributed by atoms with Crippen LogP contribution in [0, 0.1) is 20.2 Å². The van der Waals surface area contributed by atoms with E-state index in [9.17, 15) is 92.5 Å². The van der Waals surface area contributed by atoms with E-state index in [1.165, 1.54) is 0 Å². The van der Waals surface area contributed by atoms with Gasteiger partial charge in [-0.2, -0.15) is 10.2 Å². The van der Waals surface area contributed by atoms with Gasteiger partial charge in [0.2, 0.25) is 0 Å². The average molecular weight is 1130 g/mol. The standard InChI is InChI=1S/2C16H12N4O10S2.Cr.5Na/c2*17-9-2-4-12(31(25,26)27)8-6-13(32(28,29)30)15(16(22)14(8)9)19-18-10-3-1-7(20(23)24)5-11(10)21;;;;;;/h2*1-6,21-22H,17H2,(H,25,26,27)(H,28,29,30);;;;;;/q;;+3;5*+1/p-8. The van der Waals surface area contributed by atoms with Gasteiger partial charge in [0, 0.05) is 57.2 Å². The summed E-state index contributed by atoms with van der Waals surface area (Å²) in [6.45, 7) is 0. The van der Waals surface area contributed by atoms with E-state index in [1.54, 1.807) is 0 Å². The molecule has 6 aromatic carbocycles. The van der Waals surface area contributed by atoms with Crippen molar-refractivity contribution < 1.29 is 247 Å². The minimum atomic E-state index is -5.46. The summed E-state index contributed by atoms with van der Waals surface area (Å²) in [5.74, 6) is -4.69. The van der Waals surface area contributed by atoms with Gasteiger partial charge < -0.3 is 50.1 Å². The van der Waals surface area contributed by atoms with E-state index in [-0.39, 0.29) is 177 Å². The van der Waals surface area contributed by atoms with E-state index in [0.29, 0.717) is 24.3 Å². The minimum Gasteiger partial charge on any atom is -0.871 e. The van der Waals surface area contributed by atoms with Crippen molar-refractivity contribution in [3.05, 3.63) is 93.0 Å². The van der Waals surface area contributed by atoms with Crippen LogP contribution in [0.5, 0.6) is 23.0 Å². The number of nitrogen functional groups attached to an aromatic ring is 2. The second-order valence-corrected chi connectivity index (χ2v) is 17.7. The number of azo groups is 2. The molecule has 0 aliphatic rings. The van der Waals surface area contributed by atoms with Crippen LogP contribution >= 0.6 is 0 Å². The van der Waals surface area contributed by atoms with Gasteiger partial charge in [-0.1, -0.05) is 23.0 Å². The Morgan fingerprint density at radius 1 is 0.429 bits per heavy atom. The molecule has 0 aromatic heterocycles. The molecule has 38 heteroatoms. The molecule has 0 bridgehead atoms. The summed E-state index contributed by atoms with van der Waals surface area (Å²) >= 11 is 0. The number of rotatable bonds is 10. The molecule has 0 heterocycles.